The molecule has 114 valence electrons. The Hall–Kier alpha value is -1.81. The van der Waals surface area contributed by atoms with Crippen LogP contribution in [0.1, 0.15) is 6.23 Å². The molecular weight excluding hydrogens is 276 g/mol. The third-order valence-corrected chi connectivity index (χ3v) is 3.72. The van der Waals surface area contributed by atoms with Crippen LogP contribution in [-0.4, -0.2) is 58.6 Å². The van der Waals surface area contributed by atoms with Crippen LogP contribution in [0.15, 0.2) is 12.7 Å². The van der Waals surface area contributed by atoms with Gasteiger partial charge in [-0.05, 0) is 0 Å². The highest BCUT2D eigenvalue weighted by atomic mass is 16.6. The highest BCUT2D eigenvalue weighted by Crippen LogP contribution is 2.34. The Kier molecular flexibility index (Phi) is 3.72. The van der Waals surface area contributed by atoms with Gasteiger partial charge in [0.25, 0.3) is 0 Å². The standard InChI is InChI=1S/C12H18N6O3/c1-19-8-6(3-13)21-12(9(8)20-2)18-5-17-7-10(14)15-4-16-11(7)18/h4-6,8-9,12H,3,13H2,1-2H3,(H2,14,15,16)/t6-,8?,9+,12-/m1/s1. The number of anilines is 1. The molecule has 3 heterocycles. The van der Waals surface area contributed by atoms with Gasteiger partial charge in [0.05, 0.1) is 6.33 Å². The lowest BCUT2D eigenvalue weighted by molar-refractivity contribution is -0.0510. The van der Waals surface area contributed by atoms with Gasteiger partial charge in [0.1, 0.15) is 30.2 Å². The molecule has 1 unspecified atom stereocenters. The fraction of sp³-hybridized carbons (Fsp3) is 0.583. The van der Waals surface area contributed by atoms with E-state index in [1.54, 1.807) is 25.1 Å². The first-order valence-corrected chi connectivity index (χ1v) is 6.55. The quantitative estimate of drug-likeness (QED) is 0.758. The van der Waals surface area contributed by atoms with E-state index in [0.717, 1.165) is 0 Å². The lowest BCUT2D eigenvalue weighted by atomic mass is 10.1. The number of hydrogen-bond acceptors (Lipinski definition) is 8. The summed E-state index contributed by atoms with van der Waals surface area (Å²) >= 11 is 0. The summed E-state index contributed by atoms with van der Waals surface area (Å²) in [5, 5.41) is 0. The molecule has 0 spiro atoms. The molecule has 2 aromatic rings. The van der Waals surface area contributed by atoms with Gasteiger partial charge in [-0.25, -0.2) is 15.0 Å². The minimum absolute atomic E-state index is 0.262. The SMILES string of the molecule is COC1[C@@H](CN)O[C@@H](n2cnc3c(N)ncnc32)[C@H]1OC. The summed E-state index contributed by atoms with van der Waals surface area (Å²) in [5.41, 5.74) is 12.7. The number of nitrogens with two attached hydrogens (primary N) is 2. The van der Waals surface area contributed by atoms with Crippen molar-refractivity contribution in [3.8, 4) is 0 Å². The van der Waals surface area contributed by atoms with Crippen LogP contribution in [0.3, 0.4) is 0 Å². The first-order chi connectivity index (χ1) is 10.2. The monoisotopic (exact) mass is 294 g/mol. The molecule has 0 saturated carbocycles. The Morgan fingerprint density at radius 2 is 2.00 bits per heavy atom. The molecule has 0 amide bonds. The van der Waals surface area contributed by atoms with Crippen molar-refractivity contribution in [3.05, 3.63) is 12.7 Å². The Labute approximate surface area is 121 Å². The second kappa shape index (κ2) is 5.53. The second-order valence-corrected chi connectivity index (χ2v) is 4.78. The van der Waals surface area contributed by atoms with Crippen LogP contribution in [0.5, 0.6) is 0 Å². The molecular formula is C12H18N6O3. The van der Waals surface area contributed by atoms with Crippen molar-refractivity contribution >= 4 is 17.0 Å². The van der Waals surface area contributed by atoms with E-state index in [-0.39, 0.29) is 18.3 Å². The van der Waals surface area contributed by atoms with Crippen molar-refractivity contribution in [2.24, 2.45) is 5.73 Å². The topological polar surface area (TPSA) is 123 Å². The van der Waals surface area contributed by atoms with E-state index in [1.807, 2.05) is 0 Å². The normalized spacial score (nSPS) is 29.3. The number of hydrogen-bond donors (Lipinski definition) is 2. The molecule has 21 heavy (non-hydrogen) atoms. The molecule has 3 rings (SSSR count). The number of fused-ring (bicyclic) bond motifs is 1. The highest BCUT2D eigenvalue weighted by Gasteiger charge is 2.46. The molecule has 9 heteroatoms. The summed E-state index contributed by atoms with van der Waals surface area (Å²) in [7, 11) is 3.21. The predicted octanol–water partition coefficient (Wildman–Crippen LogP) is -0.705. The number of rotatable bonds is 4. The van der Waals surface area contributed by atoms with Gasteiger partial charge in [0.15, 0.2) is 17.7 Å². The Morgan fingerprint density at radius 3 is 2.67 bits per heavy atom. The Balaban J connectivity index is 2.03. The van der Waals surface area contributed by atoms with Gasteiger partial charge in [-0.2, -0.15) is 0 Å². The van der Waals surface area contributed by atoms with Crippen LogP contribution in [0.4, 0.5) is 5.82 Å². The second-order valence-electron chi connectivity index (χ2n) is 4.78. The first kappa shape index (κ1) is 14.1. The van der Waals surface area contributed by atoms with Crippen LogP contribution in [-0.2, 0) is 14.2 Å². The minimum Gasteiger partial charge on any atom is -0.382 e. The fourth-order valence-electron chi connectivity index (χ4n) is 2.71. The Morgan fingerprint density at radius 1 is 1.24 bits per heavy atom. The van der Waals surface area contributed by atoms with Gasteiger partial charge in [-0.15, -0.1) is 0 Å². The molecule has 0 bridgehead atoms. The lowest BCUT2D eigenvalue weighted by Gasteiger charge is -2.21. The Bertz CT molecular complexity index is 632. The first-order valence-electron chi connectivity index (χ1n) is 6.55. The van der Waals surface area contributed by atoms with Crippen LogP contribution in [0.2, 0.25) is 0 Å². The van der Waals surface area contributed by atoms with E-state index in [1.165, 1.54) is 6.33 Å². The molecule has 0 radical (unpaired) electrons. The largest absolute Gasteiger partial charge is 0.382 e. The number of methoxy groups -OCH3 is 2. The van der Waals surface area contributed by atoms with E-state index < -0.39 is 6.23 Å². The molecule has 4 atom stereocenters. The maximum absolute atomic E-state index is 5.96. The minimum atomic E-state index is -0.437. The zero-order chi connectivity index (χ0) is 15.0. The van der Waals surface area contributed by atoms with Crippen LogP contribution < -0.4 is 11.5 Å². The van der Waals surface area contributed by atoms with Crippen molar-refractivity contribution in [1.29, 1.82) is 0 Å². The van der Waals surface area contributed by atoms with Crippen molar-refractivity contribution < 1.29 is 14.2 Å². The maximum Gasteiger partial charge on any atom is 0.167 e. The van der Waals surface area contributed by atoms with Gasteiger partial charge in [0.2, 0.25) is 0 Å². The summed E-state index contributed by atoms with van der Waals surface area (Å²) < 4.78 is 18.7. The molecule has 1 aliphatic rings. The summed E-state index contributed by atoms with van der Waals surface area (Å²) in [5.74, 6) is 0.324. The summed E-state index contributed by atoms with van der Waals surface area (Å²) in [6.07, 6.45) is 1.71. The van der Waals surface area contributed by atoms with E-state index in [9.17, 15) is 0 Å². The number of nitrogen functional groups attached to an aromatic ring is 1. The highest BCUT2D eigenvalue weighted by molar-refractivity contribution is 5.81. The molecule has 1 saturated heterocycles. The van der Waals surface area contributed by atoms with Crippen LogP contribution >= 0.6 is 0 Å². The van der Waals surface area contributed by atoms with Gasteiger partial charge < -0.3 is 25.7 Å². The molecule has 4 N–H and O–H groups in total. The zero-order valence-corrected chi connectivity index (χ0v) is 11.8. The molecule has 0 aromatic carbocycles. The predicted molar refractivity (Wildman–Crippen MR) is 74.3 cm³/mol. The molecule has 2 aromatic heterocycles. The van der Waals surface area contributed by atoms with Crippen molar-refractivity contribution in [3.63, 3.8) is 0 Å². The third-order valence-electron chi connectivity index (χ3n) is 3.72. The lowest BCUT2D eigenvalue weighted by Crippen LogP contribution is -2.38. The van der Waals surface area contributed by atoms with E-state index in [4.69, 9.17) is 25.7 Å². The van der Waals surface area contributed by atoms with Crippen LogP contribution in [0, 0.1) is 0 Å². The van der Waals surface area contributed by atoms with Gasteiger partial charge in [-0.3, -0.25) is 4.57 Å². The summed E-state index contributed by atoms with van der Waals surface area (Å²) in [6, 6.07) is 0. The number of ether oxygens (including phenoxy) is 3. The third kappa shape index (κ3) is 2.14. The molecule has 0 aliphatic carbocycles. The van der Waals surface area contributed by atoms with E-state index >= 15 is 0 Å². The summed E-state index contributed by atoms with van der Waals surface area (Å²) in [4.78, 5) is 12.4. The number of nitrogens with zero attached hydrogens (tertiary/aromatic N) is 4. The van der Waals surface area contributed by atoms with Crippen molar-refractivity contribution in [1.82, 2.24) is 19.5 Å². The molecule has 1 aliphatic heterocycles. The average molecular weight is 294 g/mol. The van der Waals surface area contributed by atoms with E-state index in [0.29, 0.717) is 23.5 Å². The van der Waals surface area contributed by atoms with Gasteiger partial charge >= 0.3 is 0 Å². The number of aromatic nitrogens is 4. The van der Waals surface area contributed by atoms with Crippen molar-refractivity contribution in [2.75, 3.05) is 26.5 Å². The van der Waals surface area contributed by atoms with E-state index in [2.05, 4.69) is 15.0 Å². The van der Waals surface area contributed by atoms with Gasteiger partial charge in [-0.1, -0.05) is 0 Å². The smallest absolute Gasteiger partial charge is 0.167 e. The summed E-state index contributed by atoms with van der Waals surface area (Å²) in [6.45, 7) is 0.332. The number of imidazole rings is 1. The van der Waals surface area contributed by atoms with Crippen molar-refractivity contribution in [2.45, 2.75) is 24.5 Å². The maximum atomic E-state index is 5.96. The fourth-order valence-corrected chi connectivity index (χ4v) is 2.71. The van der Waals surface area contributed by atoms with Gasteiger partial charge in [0, 0.05) is 20.8 Å². The van der Waals surface area contributed by atoms with Crippen LogP contribution in [0.25, 0.3) is 11.2 Å². The molecule has 9 nitrogen and oxygen atoms in total. The zero-order valence-electron chi connectivity index (χ0n) is 11.8. The average Bonchev–Trinajstić information content (AvgIpc) is 3.07. The molecule has 1 fully saturated rings.